The van der Waals surface area contributed by atoms with Crippen molar-refractivity contribution in [3.63, 3.8) is 0 Å². The van der Waals surface area contributed by atoms with Crippen molar-refractivity contribution in [2.75, 3.05) is 31.5 Å². The van der Waals surface area contributed by atoms with Crippen LogP contribution in [0, 0.1) is 0 Å². The number of anilines is 1. The summed E-state index contributed by atoms with van der Waals surface area (Å²) in [5, 5.41) is 6.82. The van der Waals surface area contributed by atoms with Gasteiger partial charge in [-0.2, -0.15) is 18.2 Å². The molecule has 7 nitrogen and oxygen atoms in total. The number of aromatic nitrogens is 2. The molecule has 33 heavy (non-hydrogen) atoms. The standard InChI is InChI=1S/C22H22F3N5O2S/c23-22(24,25)33-18-9-7-17(8-10-18)26-21(31)30-12-4-11-29(13-14-30)15-19-27-20(32-28-19)16-5-2-1-3-6-16/h1-3,5-10H,4,11-15H2,(H,26,31). The Kier molecular flexibility index (Phi) is 7.19. The Morgan fingerprint density at radius 2 is 1.79 bits per heavy atom. The summed E-state index contributed by atoms with van der Waals surface area (Å²) in [7, 11) is 0. The number of hydrogen-bond acceptors (Lipinski definition) is 6. The van der Waals surface area contributed by atoms with Crippen LogP contribution in [-0.4, -0.2) is 57.7 Å². The van der Waals surface area contributed by atoms with Gasteiger partial charge in [-0.25, -0.2) is 4.79 Å². The molecule has 1 aliphatic rings. The first kappa shape index (κ1) is 23.1. The Hall–Kier alpha value is -3.05. The van der Waals surface area contributed by atoms with E-state index in [9.17, 15) is 18.0 Å². The van der Waals surface area contributed by atoms with Gasteiger partial charge in [0.25, 0.3) is 5.89 Å². The van der Waals surface area contributed by atoms with Gasteiger partial charge in [0.1, 0.15) is 0 Å². The first-order valence-electron chi connectivity index (χ1n) is 10.4. The third kappa shape index (κ3) is 6.72. The third-order valence-electron chi connectivity index (χ3n) is 5.07. The number of amides is 2. The van der Waals surface area contributed by atoms with Crippen LogP contribution >= 0.6 is 11.8 Å². The molecule has 174 valence electrons. The van der Waals surface area contributed by atoms with E-state index < -0.39 is 5.51 Å². The summed E-state index contributed by atoms with van der Waals surface area (Å²) < 4.78 is 42.7. The molecule has 0 saturated carbocycles. The number of nitrogens with one attached hydrogen (secondary N) is 1. The SMILES string of the molecule is O=C(Nc1ccc(SC(F)(F)F)cc1)N1CCCN(Cc2noc(-c3ccccc3)n2)CC1. The second-order valence-corrected chi connectivity index (χ2v) is 8.64. The number of rotatable bonds is 5. The molecule has 0 radical (unpaired) electrons. The van der Waals surface area contributed by atoms with Crippen molar-refractivity contribution in [1.29, 1.82) is 0 Å². The normalized spacial score (nSPS) is 15.3. The summed E-state index contributed by atoms with van der Waals surface area (Å²) >= 11 is -0.185. The second-order valence-electron chi connectivity index (χ2n) is 7.50. The number of nitrogens with zero attached hydrogens (tertiary/aromatic N) is 4. The maximum absolute atomic E-state index is 12.6. The molecule has 0 spiro atoms. The zero-order valence-electron chi connectivity index (χ0n) is 17.6. The topological polar surface area (TPSA) is 74.5 Å². The number of alkyl halides is 3. The summed E-state index contributed by atoms with van der Waals surface area (Å²) in [6, 6.07) is 14.9. The van der Waals surface area contributed by atoms with Gasteiger partial charge in [-0.3, -0.25) is 4.90 Å². The van der Waals surface area contributed by atoms with E-state index in [1.807, 2.05) is 30.3 Å². The van der Waals surface area contributed by atoms with Crippen LogP contribution in [0.1, 0.15) is 12.2 Å². The Morgan fingerprint density at radius 3 is 2.52 bits per heavy atom. The molecule has 0 bridgehead atoms. The van der Waals surface area contributed by atoms with E-state index in [1.54, 1.807) is 4.90 Å². The highest BCUT2D eigenvalue weighted by atomic mass is 32.2. The van der Waals surface area contributed by atoms with Crippen molar-refractivity contribution in [1.82, 2.24) is 19.9 Å². The molecule has 2 aromatic carbocycles. The van der Waals surface area contributed by atoms with E-state index >= 15 is 0 Å². The molecule has 0 atom stereocenters. The minimum Gasteiger partial charge on any atom is -0.334 e. The van der Waals surface area contributed by atoms with Crippen LogP contribution < -0.4 is 5.32 Å². The number of hydrogen-bond donors (Lipinski definition) is 1. The Morgan fingerprint density at radius 1 is 1.03 bits per heavy atom. The van der Waals surface area contributed by atoms with Gasteiger partial charge in [0.2, 0.25) is 0 Å². The zero-order valence-corrected chi connectivity index (χ0v) is 18.4. The predicted molar refractivity (Wildman–Crippen MR) is 119 cm³/mol. The molecule has 2 amide bonds. The summed E-state index contributed by atoms with van der Waals surface area (Å²) in [4.78, 5) is 21.0. The molecule has 2 heterocycles. The first-order chi connectivity index (χ1) is 15.9. The lowest BCUT2D eigenvalue weighted by Crippen LogP contribution is -2.38. The van der Waals surface area contributed by atoms with E-state index in [-0.39, 0.29) is 22.7 Å². The predicted octanol–water partition coefficient (Wildman–Crippen LogP) is 5.09. The van der Waals surface area contributed by atoms with Gasteiger partial charge >= 0.3 is 11.5 Å². The Bertz CT molecular complexity index is 1060. The molecular formula is C22H22F3N5O2S. The fraction of sp³-hybridized carbons (Fsp3) is 0.318. The molecule has 1 N–H and O–H groups in total. The number of halogens is 3. The lowest BCUT2D eigenvalue weighted by molar-refractivity contribution is -0.0328. The molecule has 1 saturated heterocycles. The highest BCUT2D eigenvalue weighted by Gasteiger charge is 2.29. The zero-order chi connectivity index (χ0) is 23.3. The average Bonchev–Trinajstić information content (AvgIpc) is 3.12. The maximum atomic E-state index is 12.6. The molecule has 1 aliphatic heterocycles. The molecule has 11 heteroatoms. The van der Waals surface area contributed by atoms with Gasteiger partial charge in [0, 0.05) is 42.3 Å². The maximum Gasteiger partial charge on any atom is 0.446 e. The molecule has 0 aliphatic carbocycles. The van der Waals surface area contributed by atoms with E-state index in [4.69, 9.17) is 4.52 Å². The van der Waals surface area contributed by atoms with Gasteiger partial charge in [-0.1, -0.05) is 23.4 Å². The average molecular weight is 478 g/mol. The van der Waals surface area contributed by atoms with Crippen LogP contribution in [0.25, 0.3) is 11.5 Å². The van der Waals surface area contributed by atoms with Crippen LogP contribution in [0.3, 0.4) is 0 Å². The lowest BCUT2D eigenvalue weighted by atomic mass is 10.2. The van der Waals surface area contributed by atoms with Crippen molar-refractivity contribution >= 4 is 23.5 Å². The molecule has 3 aromatic rings. The highest BCUT2D eigenvalue weighted by Crippen LogP contribution is 2.37. The van der Waals surface area contributed by atoms with E-state index in [0.717, 1.165) is 18.5 Å². The minimum absolute atomic E-state index is 0.0720. The van der Waals surface area contributed by atoms with Crippen LogP contribution in [0.4, 0.5) is 23.7 Å². The number of carbonyl (C=O) groups is 1. The Labute approximate surface area is 192 Å². The summed E-state index contributed by atoms with van der Waals surface area (Å²) in [5.41, 5.74) is -3.03. The van der Waals surface area contributed by atoms with Crippen LogP contribution in [0.5, 0.6) is 0 Å². The summed E-state index contributed by atoms with van der Waals surface area (Å²) in [5.74, 6) is 1.06. The number of carbonyl (C=O) groups excluding carboxylic acids is 1. The summed E-state index contributed by atoms with van der Waals surface area (Å²) in [6.45, 7) is 3.03. The molecule has 1 aromatic heterocycles. The van der Waals surface area contributed by atoms with Crippen molar-refractivity contribution in [2.24, 2.45) is 0 Å². The molecular weight excluding hydrogens is 455 g/mol. The molecule has 4 rings (SSSR count). The Balaban J connectivity index is 1.28. The highest BCUT2D eigenvalue weighted by molar-refractivity contribution is 8.00. The van der Waals surface area contributed by atoms with Crippen LogP contribution in [0.2, 0.25) is 0 Å². The molecule has 0 unspecified atom stereocenters. The van der Waals surface area contributed by atoms with Gasteiger partial charge in [-0.15, -0.1) is 0 Å². The van der Waals surface area contributed by atoms with E-state index in [2.05, 4.69) is 20.4 Å². The number of benzene rings is 2. The smallest absolute Gasteiger partial charge is 0.334 e. The van der Waals surface area contributed by atoms with Crippen molar-refractivity contribution in [3.05, 3.63) is 60.4 Å². The van der Waals surface area contributed by atoms with Gasteiger partial charge in [0.15, 0.2) is 5.82 Å². The van der Waals surface area contributed by atoms with Crippen molar-refractivity contribution in [3.8, 4) is 11.5 Å². The second kappa shape index (κ2) is 10.3. The van der Waals surface area contributed by atoms with E-state index in [1.165, 1.54) is 24.3 Å². The fourth-order valence-corrected chi connectivity index (χ4v) is 4.03. The molecule has 1 fully saturated rings. The summed E-state index contributed by atoms with van der Waals surface area (Å²) in [6.07, 6.45) is 0.776. The first-order valence-corrected chi connectivity index (χ1v) is 11.2. The van der Waals surface area contributed by atoms with Gasteiger partial charge < -0.3 is 14.7 Å². The fourth-order valence-electron chi connectivity index (χ4n) is 3.49. The van der Waals surface area contributed by atoms with Gasteiger partial charge in [0.05, 0.1) is 6.54 Å². The van der Waals surface area contributed by atoms with Gasteiger partial charge in [-0.05, 0) is 54.6 Å². The van der Waals surface area contributed by atoms with Crippen molar-refractivity contribution in [2.45, 2.75) is 23.4 Å². The lowest BCUT2D eigenvalue weighted by Gasteiger charge is -2.21. The quantitative estimate of drug-likeness (QED) is 0.516. The number of thioether (sulfide) groups is 1. The van der Waals surface area contributed by atoms with Crippen LogP contribution in [0.15, 0.2) is 64.0 Å². The monoisotopic (exact) mass is 477 g/mol. The largest absolute Gasteiger partial charge is 0.446 e. The third-order valence-corrected chi connectivity index (χ3v) is 5.81. The minimum atomic E-state index is -4.34. The van der Waals surface area contributed by atoms with E-state index in [0.29, 0.717) is 43.6 Å². The number of urea groups is 1. The van der Waals surface area contributed by atoms with Crippen LogP contribution in [-0.2, 0) is 6.54 Å². The van der Waals surface area contributed by atoms with Crippen molar-refractivity contribution < 1.29 is 22.5 Å².